The fourth-order valence-corrected chi connectivity index (χ4v) is 2.81. The Hall–Kier alpha value is -2.93. The summed E-state index contributed by atoms with van der Waals surface area (Å²) in [5.74, 6) is 0.256. The molecule has 30 heavy (non-hydrogen) atoms. The third kappa shape index (κ3) is 9.05. The Morgan fingerprint density at radius 3 is 2.37 bits per heavy atom. The molecular weight excluding hydrogens is 400 g/mol. The molecule has 160 valence electrons. The number of rotatable bonds is 11. The van der Waals surface area contributed by atoms with E-state index in [1.807, 2.05) is 30.3 Å². The number of unbranched alkanes of at least 4 members (excludes halogenated alkanes) is 2. The van der Waals surface area contributed by atoms with Crippen molar-refractivity contribution in [3.8, 4) is 5.75 Å². The van der Waals surface area contributed by atoms with Gasteiger partial charge in [0, 0.05) is 12.1 Å². The van der Waals surface area contributed by atoms with E-state index in [9.17, 15) is 9.59 Å². The number of para-hydroxylation sites is 1. The van der Waals surface area contributed by atoms with Crippen molar-refractivity contribution < 1.29 is 19.1 Å². The lowest BCUT2D eigenvalue weighted by Crippen LogP contribution is -2.34. The highest BCUT2D eigenvalue weighted by molar-refractivity contribution is 7.80. The van der Waals surface area contributed by atoms with Crippen LogP contribution in [0.4, 0.5) is 5.69 Å². The molecule has 0 bridgehead atoms. The molecule has 2 rings (SSSR count). The zero-order chi connectivity index (χ0) is 21.6. The van der Waals surface area contributed by atoms with Crippen molar-refractivity contribution in [2.45, 2.75) is 39.0 Å². The molecule has 7 heteroatoms. The first-order chi connectivity index (χ1) is 14.6. The summed E-state index contributed by atoms with van der Waals surface area (Å²) in [6.45, 7) is 2.98. The molecule has 0 aliphatic carbocycles. The Morgan fingerprint density at radius 2 is 1.67 bits per heavy atom. The van der Waals surface area contributed by atoms with Gasteiger partial charge < -0.3 is 20.1 Å². The van der Waals surface area contributed by atoms with Gasteiger partial charge in [0.05, 0.1) is 18.8 Å². The molecule has 2 N–H and O–H groups in total. The minimum absolute atomic E-state index is 0.184. The van der Waals surface area contributed by atoms with Crippen LogP contribution >= 0.6 is 12.2 Å². The van der Waals surface area contributed by atoms with Gasteiger partial charge in [0.1, 0.15) is 5.75 Å². The van der Waals surface area contributed by atoms with Gasteiger partial charge in [0.15, 0.2) is 5.11 Å². The number of ether oxygens (including phenoxy) is 2. The first-order valence-corrected chi connectivity index (χ1v) is 10.5. The van der Waals surface area contributed by atoms with Crippen LogP contribution in [-0.4, -0.2) is 30.2 Å². The highest BCUT2D eigenvalue weighted by atomic mass is 32.1. The van der Waals surface area contributed by atoms with Crippen LogP contribution in [-0.2, 0) is 9.53 Å². The summed E-state index contributed by atoms with van der Waals surface area (Å²) in [4.78, 5) is 24.0. The van der Waals surface area contributed by atoms with Gasteiger partial charge in [-0.2, -0.15) is 0 Å². The van der Waals surface area contributed by atoms with Crippen molar-refractivity contribution in [1.29, 1.82) is 0 Å². The fourth-order valence-electron chi connectivity index (χ4n) is 2.58. The number of anilines is 1. The maximum Gasteiger partial charge on any atom is 0.338 e. The van der Waals surface area contributed by atoms with Crippen LogP contribution in [0.25, 0.3) is 0 Å². The van der Waals surface area contributed by atoms with Gasteiger partial charge in [-0.05, 0) is 61.5 Å². The van der Waals surface area contributed by atoms with Gasteiger partial charge in [-0.25, -0.2) is 4.79 Å². The zero-order valence-electron chi connectivity index (χ0n) is 17.2. The molecule has 0 unspecified atom stereocenters. The summed E-state index contributed by atoms with van der Waals surface area (Å²) in [5.41, 5.74) is 1.15. The monoisotopic (exact) mass is 428 g/mol. The normalized spacial score (nSPS) is 10.2. The van der Waals surface area contributed by atoms with E-state index < -0.39 is 0 Å². The average molecular weight is 429 g/mol. The SMILES string of the molecule is CCCCCOC(=O)c1ccc(NC(=S)NC(=O)CCCOc2ccccc2)cc1. The minimum Gasteiger partial charge on any atom is -0.494 e. The van der Waals surface area contributed by atoms with E-state index in [1.165, 1.54) is 0 Å². The fraction of sp³-hybridized carbons (Fsp3) is 0.348. The van der Waals surface area contributed by atoms with Crippen LogP contribution < -0.4 is 15.4 Å². The summed E-state index contributed by atoms with van der Waals surface area (Å²) in [6.07, 6.45) is 3.87. The predicted molar refractivity (Wildman–Crippen MR) is 122 cm³/mol. The van der Waals surface area contributed by atoms with Gasteiger partial charge in [0.25, 0.3) is 0 Å². The topological polar surface area (TPSA) is 76.7 Å². The Morgan fingerprint density at radius 1 is 0.933 bits per heavy atom. The molecule has 0 saturated carbocycles. The van der Waals surface area contributed by atoms with Gasteiger partial charge >= 0.3 is 5.97 Å². The lowest BCUT2D eigenvalue weighted by Gasteiger charge is -2.10. The molecule has 0 heterocycles. The molecule has 0 aliphatic rings. The number of nitrogens with one attached hydrogen (secondary N) is 2. The van der Waals surface area contributed by atoms with E-state index >= 15 is 0 Å². The van der Waals surface area contributed by atoms with Gasteiger partial charge in [-0.1, -0.05) is 38.0 Å². The third-order valence-electron chi connectivity index (χ3n) is 4.17. The van der Waals surface area contributed by atoms with Crippen molar-refractivity contribution in [3.63, 3.8) is 0 Å². The number of benzene rings is 2. The highest BCUT2D eigenvalue weighted by Crippen LogP contribution is 2.11. The summed E-state index contributed by atoms with van der Waals surface area (Å²) < 4.78 is 10.8. The number of hydrogen-bond donors (Lipinski definition) is 2. The van der Waals surface area contributed by atoms with E-state index in [1.54, 1.807) is 24.3 Å². The van der Waals surface area contributed by atoms with Crippen molar-refractivity contribution >= 4 is 34.9 Å². The average Bonchev–Trinajstić information content (AvgIpc) is 2.75. The van der Waals surface area contributed by atoms with Gasteiger partial charge in [-0.3, -0.25) is 4.79 Å². The smallest absolute Gasteiger partial charge is 0.338 e. The standard InChI is InChI=1S/C23H28N2O4S/c1-2-3-7-16-29-22(27)18-12-14-19(15-13-18)24-23(30)25-21(26)11-8-17-28-20-9-5-4-6-10-20/h4-6,9-10,12-15H,2-3,7-8,11,16-17H2,1H3,(H2,24,25,26,30). The van der Waals surface area contributed by atoms with Crippen LogP contribution in [0.5, 0.6) is 5.75 Å². The third-order valence-corrected chi connectivity index (χ3v) is 4.38. The second kappa shape index (κ2) is 13.3. The Kier molecular flexibility index (Phi) is 10.4. The van der Waals surface area contributed by atoms with Crippen molar-refractivity contribution in [2.24, 2.45) is 0 Å². The van der Waals surface area contributed by atoms with Crippen molar-refractivity contribution in [3.05, 3.63) is 60.2 Å². The number of amides is 1. The largest absolute Gasteiger partial charge is 0.494 e. The molecule has 6 nitrogen and oxygen atoms in total. The second-order valence-electron chi connectivity index (χ2n) is 6.69. The molecule has 0 saturated heterocycles. The molecule has 0 aliphatic heterocycles. The summed E-state index contributed by atoms with van der Waals surface area (Å²) in [6, 6.07) is 16.2. The summed E-state index contributed by atoms with van der Waals surface area (Å²) in [5, 5.41) is 5.78. The minimum atomic E-state index is -0.341. The number of esters is 1. The van der Waals surface area contributed by atoms with Crippen LogP contribution in [0, 0.1) is 0 Å². The number of hydrogen-bond acceptors (Lipinski definition) is 5. The van der Waals surface area contributed by atoms with E-state index in [4.69, 9.17) is 21.7 Å². The van der Waals surface area contributed by atoms with E-state index in [-0.39, 0.29) is 17.0 Å². The molecule has 2 aromatic rings. The highest BCUT2D eigenvalue weighted by Gasteiger charge is 2.08. The first kappa shape index (κ1) is 23.3. The molecule has 1 amide bonds. The van der Waals surface area contributed by atoms with Crippen LogP contribution in [0.15, 0.2) is 54.6 Å². The van der Waals surface area contributed by atoms with Crippen molar-refractivity contribution in [1.82, 2.24) is 5.32 Å². The van der Waals surface area contributed by atoms with Crippen LogP contribution in [0.1, 0.15) is 49.4 Å². The van der Waals surface area contributed by atoms with E-state index in [0.29, 0.717) is 37.3 Å². The zero-order valence-corrected chi connectivity index (χ0v) is 18.0. The van der Waals surface area contributed by atoms with E-state index in [0.717, 1.165) is 25.0 Å². The molecule has 0 fully saturated rings. The maximum atomic E-state index is 12.0. The van der Waals surface area contributed by atoms with Crippen molar-refractivity contribution in [2.75, 3.05) is 18.5 Å². The van der Waals surface area contributed by atoms with E-state index in [2.05, 4.69) is 17.6 Å². The van der Waals surface area contributed by atoms with Gasteiger partial charge in [-0.15, -0.1) is 0 Å². The maximum absolute atomic E-state index is 12.0. The number of thiocarbonyl (C=S) groups is 1. The Labute approximate surface area is 183 Å². The quantitative estimate of drug-likeness (QED) is 0.307. The van der Waals surface area contributed by atoms with Crippen LogP contribution in [0.2, 0.25) is 0 Å². The lowest BCUT2D eigenvalue weighted by molar-refractivity contribution is -0.119. The van der Waals surface area contributed by atoms with Crippen LogP contribution in [0.3, 0.4) is 0 Å². The molecule has 0 radical (unpaired) electrons. The number of carbonyl (C=O) groups is 2. The molecular formula is C23H28N2O4S. The Bertz CT molecular complexity index is 810. The van der Waals surface area contributed by atoms with Gasteiger partial charge in [0.2, 0.25) is 5.91 Å². The lowest BCUT2D eigenvalue weighted by atomic mass is 10.2. The molecule has 2 aromatic carbocycles. The molecule has 0 spiro atoms. The second-order valence-corrected chi connectivity index (χ2v) is 7.10. The summed E-state index contributed by atoms with van der Waals surface area (Å²) in [7, 11) is 0. The Balaban J connectivity index is 1.66. The molecule has 0 aromatic heterocycles. The number of carbonyl (C=O) groups excluding carboxylic acids is 2. The molecule has 0 atom stereocenters. The first-order valence-electron chi connectivity index (χ1n) is 10.1. The summed E-state index contributed by atoms with van der Waals surface area (Å²) >= 11 is 5.17. The predicted octanol–water partition coefficient (Wildman–Crippen LogP) is 4.71.